The van der Waals surface area contributed by atoms with E-state index in [1.165, 1.54) is 32.1 Å². The van der Waals surface area contributed by atoms with E-state index in [4.69, 9.17) is 5.11 Å². The highest BCUT2D eigenvalue weighted by Gasteiger charge is 2.34. The summed E-state index contributed by atoms with van der Waals surface area (Å²) in [5.74, 6) is 0.0114. The second-order valence-corrected chi connectivity index (χ2v) is 5.00. The van der Waals surface area contributed by atoms with E-state index in [2.05, 4.69) is 10.6 Å². The van der Waals surface area contributed by atoms with Crippen molar-refractivity contribution in [3.8, 4) is 0 Å². The van der Waals surface area contributed by atoms with E-state index < -0.39 is 5.97 Å². The minimum absolute atomic E-state index is 0.237. The van der Waals surface area contributed by atoms with Crippen molar-refractivity contribution >= 4 is 5.97 Å². The molecule has 2 fully saturated rings. The Morgan fingerprint density at radius 2 is 2.19 bits per heavy atom. The zero-order valence-corrected chi connectivity index (χ0v) is 9.74. The molecule has 1 saturated carbocycles. The predicted octanol–water partition coefficient (Wildman–Crippen LogP) is 0.971. The quantitative estimate of drug-likeness (QED) is 0.654. The molecule has 92 valence electrons. The average molecular weight is 226 g/mol. The summed E-state index contributed by atoms with van der Waals surface area (Å²) in [6.45, 7) is 1.77. The molecular formula is C12H22N2O2. The molecule has 0 amide bonds. The number of hydrogen-bond acceptors (Lipinski definition) is 3. The summed E-state index contributed by atoms with van der Waals surface area (Å²) in [7, 11) is 0. The largest absolute Gasteiger partial charge is 0.481 e. The lowest BCUT2D eigenvalue weighted by Crippen LogP contribution is -2.42. The monoisotopic (exact) mass is 226 g/mol. The Kier molecular flexibility index (Phi) is 4.18. The van der Waals surface area contributed by atoms with Gasteiger partial charge < -0.3 is 15.7 Å². The fraction of sp³-hybridized carbons (Fsp3) is 0.917. The average Bonchev–Trinajstić information content (AvgIpc) is 2.84. The Bertz CT molecular complexity index is 239. The van der Waals surface area contributed by atoms with Gasteiger partial charge in [-0.05, 0) is 38.1 Å². The number of carboxylic acids is 1. The molecule has 0 aromatic carbocycles. The molecule has 0 radical (unpaired) electrons. The van der Waals surface area contributed by atoms with Crippen molar-refractivity contribution in [1.29, 1.82) is 0 Å². The smallest absolute Gasteiger partial charge is 0.304 e. The Labute approximate surface area is 96.8 Å². The number of hydrogen-bond donors (Lipinski definition) is 3. The second-order valence-electron chi connectivity index (χ2n) is 5.00. The molecule has 1 saturated heterocycles. The third kappa shape index (κ3) is 2.95. The highest BCUT2D eigenvalue weighted by Crippen LogP contribution is 2.31. The van der Waals surface area contributed by atoms with Crippen molar-refractivity contribution in [3.63, 3.8) is 0 Å². The van der Waals surface area contributed by atoms with Crippen LogP contribution in [-0.2, 0) is 4.79 Å². The predicted molar refractivity (Wildman–Crippen MR) is 62.4 cm³/mol. The van der Waals surface area contributed by atoms with Gasteiger partial charge in [0, 0.05) is 18.6 Å². The lowest BCUT2D eigenvalue weighted by molar-refractivity contribution is -0.136. The summed E-state index contributed by atoms with van der Waals surface area (Å²) in [6.07, 6.45) is 6.62. The van der Waals surface area contributed by atoms with Crippen LogP contribution in [0.3, 0.4) is 0 Å². The van der Waals surface area contributed by atoms with Crippen LogP contribution in [0.2, 0.25) is 0 Å². The molecule has 4 nitrogen and oxygen atoms in total. The van der Waals surface area contributed by atoms with Crippen LogP contribution < -0.4 is 10.6 Å². The van der Waals surface area contributed by atoms with Crippen LogP contribution in [0, 0.1) is 5.92 Å². The first-order valence-electron chi connectivity index (χ1n) is 6.46. The van der Waals surface area contributed by atoms with Crippen molar-refractivity contribution in [2.45, 2.75) is 50.6 Å². The number of carboxylic acid groups (broad SMARTS) is 1. The number of aliphatic carboxylic acids is 1. The van der Waals surface area contributed by atoms with Gasteiger partial charge >= 0.3 is 5.97 Å². The minimum atomic E-state index is -0.707. The van der Waals surface area contributed by atoms with Crippen LogP contribution in [0.5, 0.6) is 0 Å². The fourth-order valence-corrected chi connectivity index (χ4v) is 3.17. The van der Waals surface area contributed by atoms with Crippen molar-refractivity contribution in [1.82, 2.24) is 10.6 Å². The molecule has 0 aromatic rings. The van der Waals surface area contributed by atoms with Gasteiger partial charge in [-0.2, -0.15) is 0 Å². The molecule has 1 heterocycles. The maximum atomic E-state index is 10.5. The van der Waals surface area contributed by atoms with Crippen LogP contribution in [0.4, 0.5) is 0 Å². The van der Waals surface area contributed by atoms with Gasteiger partial charge in [0.15, 0.2) is 0 Å². The first kappa shape index (κ1) is 11.9. The second kappa shape index (κ2) is 5.64. The van der Waals surface area contributed by atoms with Gasteiger partial charge in [-0.25, -0.2) is 0 Å². The van der Waals surface area contributed by atoms with E-state index in [9.17, 15) is 4.79 Å². The number of carbonyl (C=O) groups is 1. The maximum Gasteiger partial charge on any atom is 0.304 e. The van der Waals surface area contributed by atoms with E-state index >= 15 is 0 Å². The highest BCUT2D eigenvalue weighted by molar-refractivity contribution is 5.66. The van der Waals surface area contributed by atoms with E-state index in [-0.39, 0.29) is 6.42 Å². The molecule has 2 rings (SSSR count). The van der Waals surface area contributed by atoms with Gasteiger partial charge in [0.1, 0.15) is 0 Å². The fourth-order valence-electron chi connectivity index (χ4n) is 3.17. The Morgan fingerprint density at radius 3 is 2.88 bits per heavy atom. The molecule has 3 unspecified atom stereocenters. The van der Waals surface area contributed by atoms with Gasteiger partial charge in [0.2, 0.25) is 0 Å². The lowest BCUT2D eigenvalue weighted by atomic mass is 9.93. The molecule has 1 aliphatic carbocycles. The third-order valence-electron chi connectivity index (χ3n) is 3.93. The molecule has 0 spiro atoms. The van der Waals surface area contributed by atoms with Crippen molar-refractivity contribution in [3.05, 3.63) is 0 Å². The van der Waals surface area contributed by atoms with E-state index in [0.29, 0.717) is 18.6 Å². The number of rotatable bonds is 5. The van der Waals surface area contributed by atoms with Crippen LogP contribution in [-0.4, -0.2) is 36.2 Å². The molecule has 4 heteroatoms. The summed E-state index contributed by atoms with van der Waals surface area (Å²) >= 11 is 0. The maximum absolute atomic E-state index is 10.5. The Morgan fingerprint density at radius 1 is 1.31 bits per heavy atom. The summed E-state index contributed by atoms with van der Waals surface area (Å²) in [6, 6.07) is 1.21. The zero-order valence-electron chi connectivity index (χ0n) is 9.74. The first-order valence-corrected chi connectivity index (χ1v) is 6.46. The van der Waals surface area contributed by atoms with E-state index in [1.54, 1.807) is 0 Å². The Hall–Kier alpha value is -0.610. The topological polar surface area (TPSA) is 61.4 Å². The summed E-state index contributed by atoms with van der Waals surface area (Å²) in [5.41, 5.74) is 0. The minimum Gasteiger partial charge on any atom is -0.481 e. The van der Waals surface area contributed by atoms with Gasteiger partial charge in [-0.15, -0.1) is 0 Å². The summed E-state index contributed by atoms with van der Waals surface area (Å²) < 4.78 is 0. The molecule has 0 aromatic heterocycles. The standard InChI is InChI=1S/C12H22N2O2/c15-12(16)6-8-14-10-4-1-3-9(10)11-5-2-7-13-11/h9-11,13-14H,1-8H2,(H,15,16). The molecular weight excluding hydrogens is 204 g/mol. The normalized spacial score (nSPS) is 34.4. The molecule has 16 heavy (non-hydrogen) atoms. The van der Waals surface area contributed by atoms with Crippen molar-refractivity contribution in [2.24, 2.45) is 5.92 Å². The van der Waals surface area contributed by atoms with Crippen LogP contribution in [0.15, 0.2) is 0 Å². The van der Waals surface area contributed by atoms with Gasteiger partial charge in [0.25, 0.3) is 0 Å². The summed E-state index contributed by atoms with van der Waals surface area (Å²) in [5, 5.41) is 15.6. The molecule has 2 aliphatic rings. The highest BCUT2D eigenvalue weighted by atomic mass is 16.4. The molecule has 0 bridgehead atoms. The zero-order chi connectivity index (χ0) is 11.4. The van der Waals surface area contributed by atoms with Crippen LogP contribution in [0.25, 0.3) is 0 Å². The van der Waals surface area contributed by atoms with Crippen molar-refractivity contribution in [2.75, 3.05) is 13.1 Å². The van der Waals surface area contributed by atoms with Gasteiger partial charge in [-0.3, -0.25) is 4.79 Å². The molecule has 1 aliphatic heterocycles. The molecule has 3 atom stereocenters. The third-order valence-corrected chi connectivity index (χ3v) is 3.93. The first-order chi connectivity index (χ1) is 7.77. The number of nitrogens with one attached hydrogen (secondary N) is 2. The SMILES string of the molecule is O=C(O)CCNC1CCCC1C1CCCN1. The molecule has 3 N–H and O–H groups in total. The van der Waals surface area contributed by atoms with Crippen LogP contribution >= 0.6 is 0 Å². The van der Waals surface area contributed by atoms with Gasteiger partial charge in [-0.1, -0.05) is 6.42 Å². The van der Waals surface area contributed by atoms with E-state index in [0.717, 1.165) is 12.5 Å². The lowest BCUT2D eigenvalue weighted by Gasteiger charge is -2.26. The van der Waals surface area contributed by atoms with Crippen LogP contribution in [0.1, 0.15) is 38.5 Å². The van der Waals surface area contributed by atoms with Gasteiger partial charge in [0.05, 0.1) is 6.42 Å². The summed E-state index contributed by atoms with van der Waals surface area (Å²) in [4.78, 5) is 10.5. The Balaban J connectivity index is 1.76. The van der Waals surface area contributed by atoms with Crippen molar-refractivity contribution < 1.29 is 9.90 Å². The van der Waals surface area contributed by atoms with E-state index in [1.807, 2.05) is 0 Å².